The summed E-state index contributed by atoms with van der Waals surface area (Å²) in [5, 5.41) is 3.64. The number of hydrogen-bond donors (Lipinski definition) is 1. The van der Waals surface area contributed by atoms with Crippen molar-refractivity contribution in [3.8, 4) is 0 Å². The van der Waals surface area contributed by atoms with Gasteiger partial charge in [-0.15, -0.1) is 0 Å². The van der Waals surface area contributed by atoms with E-state index in [9.17, 15) is 0 Å². The van der Waals surface area contributed by atoms with Crippen LogP contribution in [0.15, 0.2) is 30.3 Å². The fraction of sp³-hybridized carbons (Fsp3) is 0.625. The first-order chi connectivity index (χ1) is 8.75. The van der Waals surface area contributed by atoms with Gasteiger partial charge < -0.3 is 10.1 Å². The summed E-state index contributed by atoms with van der Waals surface area (Å²) in [6.07, 6.45) is 5.45. The highest BCUT2D eigenvalue weighted by atomic mass is 16.5. The SMILES string of the molecule is CC(C)N[C@@H]1CCCC[C@H]1OCc1ccccc1. The van der Waals surface area contributed by atoms with Gasteiger partial charge in [0.2, 0.25) is 0 Å². The zero-order valence-corrected chi connectivity index (χ0v) is 11.6. The van der Waals surface area contributed by atoms with Crippen LogP contribution in [0.25, 0.3) is 0 Å². The largest absolute Gasteiger partial charge is 0.372 e. The van der Waals surface area contributed by atoms with E-state index in [1.807, 2.05) is 6.07 Å². The molecule has 0 saturated heterocycles. The van der Waals surface area contributed by atoms with Gasteiger partial charge in [-0.1, -0.05) is 57.0 Å². The highest BCUT2D eigenvalue weighted by Crippen LogP contribution is 2.22. The maximum Gasteiger partial charge on any atom is 0.0732 e. The Hall–Kier alpha value is -0.860. The minimum atomic E-state index is 0.376. The molecule has 2 heteroatoms. The van der Waals surface area contributed by atoms with Crippen LogP contribution in [0.2, 0.25) is 0 Å². The summed E-state index contributed by atoms with van der Waals surface area (Å²) in [6, 6.07) is 11.5. The van der Waals surface area contributed by atoms with Gasteiger partial charge in [0.25, 0.3) is 0 Å². The van der Waals surface area contributed by atoms with E-state index in [1.54, 1.807) is 0 Å². The van der Waals surface area contributed by atoms with Crippen LogP contribution in [0, 0.1) is 0 Å². The van der Waals surface area contributed by atoms with Crippen molar-refractivity contribution in [1.82, 2.24) is 5.32 Å². The topological polar surface area (TPSA) is 21.3 Å². The highest BCUT2D eigenvalue weighted by molar-refractivity contribution is 5.13. The molecule has 2 nitrogen and oxygen atoms in total. The molecular formula is C16H25NO. The molecule has 0 bridgehead atoms. The molecule has 0 spiro atoms. The van der Waals surface area contributed by atoms with Crippen molar-refractivity contribution in [2.45, 2.75) is 64.3 Å². The van der Waals surface area contributed by atoms with Gasteiger partial charge in [0.15, 0.2) is 0 Å². The first-order valence-corrected chi connectivity index (χ1v) is 7.17. The molecule has 1 aromatic rings. The molecule has 1 aliphatic rings. The van der Waals surface area contributed by atoms with E-state index in [0.717, 1.165) is 6.61 Å². The van der Waals surface area contributed by atoms with Crippen molar-refractivity contribution >= 4 is 0 Å². The van der Waals surface area contributed by atoms with Crippen molar-refractivity contribution in [2.24, 2.45) is 0 Å². The van der Waals surface area contributed by atoms with Crippen molar-refractivity contribution in [2.75, 3.05) is 0 Å². The highest BCUT2D eigenvalue weighted by Gasteiger charge is 2.25. The molecule has 2 atom stereocenters. The average molecular weight is 247 g/mol. The maximum absolute atomic E-state index is 6.12. The van der Waals surface area contributed by atoms with Gasteiger partial charge in [-0.25, -0.2) is 0 Å². The molecule has 0 aromatic heterocycles. The van der Waals surface area contributed by atoms with Gasteiger partial charge in [0.05, 0.1) is 12.7 Å². The molecule has 1 aliphatic carbocycles. The van der Waals surface area contributed by atoms with Gasteiger partial charge in [-0.3, -0.25) is 0 Å². The fourth-order valence-electron chi connectivity index (χ4n) is 2.69. The van der Waals surface area contributed by atoms with Crippen molar-refractivity contribution in [1.29, 1.82) is 0 Å². The summed E-state index contributed by atoms with van der Waals surface area (Å²) in [5.41, 5.74) is 1.27. The van der Waals surface area contributed by atoms with Crippen LogP contribution < -0.4 is 5.32 Å². The Morgan fingerprint density at radius 3 is 2.61 bits per heavy atom. The van der Waals surface area contributed by atoms with Gasteiger partial charge in [0.1, 0.15) is 0 Å². The standard InChI is InChI=1S/C16H25NO/c1-13(2)17-15-10-6-7-11-16(15)18-12-14-8-4-3-5-9-14/h3-5,8-9,13,15-17H,6-7,10-12H2,1-2H3/t15-,16-/m1/s1. The zero-order valence-electron chi connectivity index (χ0n) is 11.6. The second-order valence-corrected chi connectivity index (χ2v) is 5.55. The maximum atomic E-state index is 6.12. The van der Waals surface area contributed by atoms with E-state index in [4.69, 9.17) is 4.74 Å². The Balaban J connectivity index is 1.85. The molecule has 0 unspecified atom stereocenters. The van der Waals surface area contributed by atoms with Crippen molar-refractivity contribution in [3.63, 3.8) is 0 Å². The summed E-state index contributed by atoms with van der Waals surface area (Å²) < 4.78 is 6.12. The Morgan fingerprint density at radius 1 is 1.17 bits per heavy atom. The summed E-state index contributed by atoms with van der Waals surface area (Å²) >= 11 is 0. The molecule has 18 heavy (non-hydrogen) atoms. The molecule has 2 rings (SSSR count). The zero-order chi connectivity index (χ0) is 12.8. The second-order valence-electron chi connectivity index (χ2n) is 5.55. The number of ether oxygens (including phenoxy) is 1. The molecule has 100 valence electrons. The molecule has 0 heterocycles. The first kappa shape index (κ1) is 13.6. The van der Waals surface area contributed by atoms with E-state index >= 15 is 0 Å². The minimum Gasteiger partial charge on any atom is -0.372 e. The third-order valence-corrected chi connectivity index (χ3v) is 3.56. The molecular weight excluding hydrogens is 222 g/mol. The van der Waals surface area contributed by atoms with Crippen LogP contribution in [-0.4, -0.2) is 18.2 Å². The molecule has 0 amide bonds. The van der Waals surface area contributed by atoms with E-state index in [0.29, 0.717) is 18.2 Å². The Labute approximate surface area is 111 Å². The first-order valence-electron chi connectivity index (χ1n) is 7.17. The normalized spacial score (nSPS) is 24.4. The molecule has 0 radical (unpaired) electrons. The summed E-state index contributed by atoms with van der Waals surface area (Å²) in [5.74, 6) is 0. The predicted molar refractivity (Wildman–Crippen MR) is 75.5 cm³/mol. The van der Waals surface area contributed by atoms with Crippen molar-refractivity contribution in [3.05, 3.63) is 35.9 Å². The second kappa shape index (κ2) is 6.91. The Bertz CT molecular complexity index is 336. The smallest absolute Gasteiger partial charge is 0.0732 e. The number of rotatable bonds is 5. The molecule has 1 saturated carbocycles. The lowest BCUT2D eigenvalue weighted by molar-refractivity contribution is -0.00741. The number of benzene rings is 1. The predicted octanol–water partition coefficient (Wildman–Crippen LogP) is 3.51. The molecule has 1 aromatic carbocycles. The van der Waals surface area contributed by atoms with Crippen LogP contribution in [0.5, 0.6) is 0 Å². The third kappa shape index (κ3) is 4.11. The number of nitrogens with one attached hydrogen (secondary N) is 1. The molecule has 1 N–H and O–H groups in total. The van der Waals surface area contributed by atoms with Crippen LogP contribution in [0.4, 0.5) is 0 Å². The molecule has 1 fully saturated rings. The van der Waals surface area contributed by atoms with Crippen LogP contribution in [0.1, 0.15) is 45.1 Å². The Kier molecular flexibility index (Phi) is 5.21. The molecule has 0 aliphatic heterocycles. The van der Waals surface area contributed by atoms with E-state index in [1.165, 1.54) is 31.2 Å². The van der Waals surface area contributed by atoms with E-state index < -0.39 is 0 Å². The van der Waals surface area contributed by atoms with Gasteiger partial charge in [-0.05, 0) is 18.4 Å². The fourth-order valence-corrected chi connectivity index (χ4v) is 2.69. The van der Waals surface area contributed by atoms with Gasteiger partial charge in [-0.2, -0.15) is 0 Å². The lowest BCUT2D eigenvalue weighted by Gasteiger charge is -2.33. The average Bonchev–Trinajstić information content (AvgIpc) is 2.38. The van der Waals surface area contributed by atoms with Crippen LogP contribution in [0.3, 0.4) is 0 Å². The summed E-state index contributed by atoms with van der Waals surface area (Å²) in [4.78, 5) is 0. The lowest BCUT2D eigenvalue weighted by atomic mass is 9.92. The third-order valence-electron chi connectivity index (χ3n) is 3.56. The number of hydrogen-bond acceptors (Lipinski definition) is 2. The van der Waals surface area contributed by atoms with Crippen molar-refractivity contribution < 1.29 is 4.74 Å². The summed E-state index contributed by atoms with van der Waals surface area (Å²) in [6.45, 7) is 5.16. The Morgan fingerprint density at radius 2 is 1.89 bits per heavy atom. The lowest BCUT2D eigenvalue weighted by Crippen LogP contribution is -2.46. The van der Waals surface area contributed by atoms with Gasteiger partial charge in [0, 0.05) is 12.1 Å². The van der Waals surface area contributed by atoms with Crippen LogP contribution >= 0.6 is 0 Å². The van der Waals surface area contributed by atoms with E-state index in [2.05, 4.69) is 43.4 Å². The van der Waals surface area contributed by atoms with Gasteiger partial charge >= 0.3 is 0 Å². The monoisotopic (exact) mass is 247 g/mol. The van der Waals surface area contributed by atoms with Crippen LogP contribution in [-0.2, 0) is 11.3 Å². The minimum absolute atomic E-state index is 0.376. The van der Waals surface area contributed by atoms with E-state index in [-0.39, 0.29) is 0 Å². The quantitative estimate of drug-likeness (QED) is 0.859. The summed E-state index contributed by atoms with van der Waals surface area (Å²) in [7, 11) is 0.